The van der Waals surface area contributed by atoms with Crippen molar-refractivity contribution in [3.8, 4) is 0 Å². The number of hydrogen-bond acceptors (Lipinski definition) is 2. The summed E-state index contributed by atoms with van der Waals surface area (Å²) in [5.41, 5.74) is 2.16. The van der Waals surface area contributed by atoms with Gasteiger partial charge in [-0.1, -0.05) is 61.9 Å². The lowest BCUT2D eigenvalue weighted by atomic mass is 10.1. The van der Waals surface area contributed by atoms with Gasteiger partial charge in [-0.15, -0.1) is 0 Å². The minimum absolute atomic E-state index is 0.208. The van der Waals surface area contributed by atoms with Crippen molar-refractivity contribution in [1.29, 1.82) is 0 Å². The zero-order valence-corrected chi connectivity index (χ0v) is 11.6. The van der Waals surface area contributed by atoms with Crippen molar-refractivity contribution >= 4 is 5.97 Å². The molecule has 0 saturated carbocycles. The fourth-order valence-electron chi connectivity index (χ4n) is 2.96. The maximum absolute atomic E-state index is 12.2. The Kier molecular flexibility index (Phi) is 3.31. The molecule has 1 heterocycles. The van der Waals surface area contributed by atoms with Crippen LogP contribution in [0, 0.1) is 0 Å². The molecule has 0 aromatic heterocycles. The van der Waals surface area contributed by atoms with Gasteiger partial charge in [0.2, 0.25) is 0 Å². The summed E-state index contributed by atoms with van der Waals surface area (Å²) in [4.78, 5) is 12.2. The normalized spacial score (nSPS) is 20.6. The summed E-state index contributed by atoms with van der Waals surface area (Å²) >= 11 is 0. The summed E-state index contributed by atoms with van der Waals surface area (Å²) < 4.78 is 5.87. The van der Waals surface area contributed by atoms with Gasteiger partial charge in [-0.25, -0.2) is 4.79 Å². The molecule has 0 radical (unpaired) electrons. The van der Waals surface area contributed by atoms with Crippen LogP contribution in [0.2, 0.25) is 0 Å². The number of esters is 1. The van der Waals surface area contributed by atoms with E-state index in [4.69, 9.17) is 4.74 Å². The Balaban J connectivity index is 2.16. The minimum atomic E-state index is -0.606. The van der Waals surface area contributed by atoms with E-state index in [1.165, 1.54) is 0 Å². The van der Waals surface area contributed by atoms with Gasteiger partial charge in [0.15, 0.2) is 5.60 Å². The lowest BCUT2D eigenvalue weighted by molar-refractivity contribution is 0.00636. The Morgan fingerprint density at radius 1 is 1.00 bits per heavy atom. The number of hydrogen-bond donors (Lipinski definition) is 0. The smallest absolute Gasteiger partial charge is 0.339 e. The predicted molar refractivity (Wildman–Crippen MR) is 78.6 cm³/mol. The molecule has 1 aliphatic heterocycles. The minimum Gasteiger partial charge on any atom is -0.446 e. The van der Waals surface area contributed by atoms with E-state index < -0.39 is 5.60 Å². The second-order valence-electron chi connectivity index (χ2n) is 5.23. The summed E-state index contributed by atoms with van der Waals surface area (Å²) in [5, 5.41) is 0. The Morgan fingerprint density at radius 3 is 2.45 bits per heavy atom. The fraction of sp³-hybridized carbons (Fsp3) is 0.278. The molecule has 2 aromatic carbocycles. The molecule has 1 atom stereocenters. The van der Waals surface area contributed by atoms with Crippen LogP contribution in [0.3, 0.4) is 0 Å². The van der Waals surface area contributed by atoms with E-state index in [0.717, 1.165) is 30.4 Å². The van der Waals surface area contributed by atoms with Crippen LogP contribution in [-0.2, 0) is 10.3 Å². The highest BCUT2D eigenvalue weighted by Gasteiger charge is 2.45. The van der Waals surface area contributed by atoms with E-state index in [1.807, 2.05) is 54.6 Å². The first-order valence-corrected chi connectivity index (χ1v) is 7.16. The maximum atomic E-state index is 12.2. The van der Waals surface area contributed by atoms with Gasteiger partial charge in [-0.2, -0.15) is 0 Å². The van der Waals surface area contributed by atoms with E-state index in [9.17, 15) is 4.79 Å². The maximum Gasteiger partial charge on any atom is 0.339 e. The Bertz CT molecular complexity index is 618. The fourth-order valence-corrected chi connectivity index (χ4v) is 2.96. The monoisotopic (exact) mass is 268 g/mol. The molecule has 0 amide bonds. The summed E-state index contributed by atoms with van der Waals surface area (Å²) in [6.07, 6.45) is 2.93. The van der Waals surface area contributed by atoms with Crippen molar-refractivity contribution in [3.05, 3.63) is 71.3 Å². The highest BCUT2D eigenvalue weighted by atomic mass is 16.8. The van der Waals surface area contributed by atoms with Crippen molar-refractivity contribution in [2.45, 2.75) is 31.8 Å². The molecule has 1 aliphatic rings. The van der Waals surface area contributed by atoms with Gasteiger partial charge < -0.3 is 4.74 Å². The van der Waals surface area contributed by atoms with Gasteiger partial charge in [-0.05, 0) is 18.9 Å². The molecule has 20 heavy (non-hydrogen) atoms. The molecular weight excluding hydrogens is 250 g/mol. The van der Waals surface area contributed by atoms with E-state index in [0.29, 0.717) is 5.56 Å². The van der Waals surface area contributed by atoms with E-state index in [1.54, 1.807) is 0 Å². The molecule has 2 nitrogen and oxygen atoms in total. The Hall–Kier alpha value is -2.09. The summed E-state index contributed by atoms with van der Waals surface area (Å²) in [7, 11) is 0. The number of carbonyl (C=O) groups is 1. The lowest BCUT2D eigenvalue weighted by Gasteiger charge is -2.29. The van der Waals surface area contributed by atoms with Gasteiger partial charge in [0.25, 0.3) is 0 Å². The molecule has 0 saturated heterocycles. The highest BCUT2D eigenvalue weighted by Crippen LogP contribution is 2.45. The molecule has 0 N–H and O–H groups in total. The molecule has 0 spiro atoms. The SMILES string of the molecule is CCCC[14C]1(c2ccccc2)OC(=O)c2ccccc21. The lowest BCUT2D eigenvalue weighted by Crippen LogP contribution is -2.27. The number of rotatable bonds is 4. The van der Waals surface area contributed by atoms with Crippen LogP contribution in [-0.4, -0.2) is 5.97 Å². The second-order valence-corrected chi connectivity index (χ2v) is 5.23. The Morgan fingerprint density at radius 2 is 1.70 bits per heavy atom. The average molecular weight is 268 g/mol. The number of cyclic esters (lactones) is 1. The van der Waals surface area contributed by atoms with Crippen molar-refractivity contribution in [2.24, 2.45) is 0 Å². The zero-order valence-electron chi connectivity index (χ0n) is 11.6. The molecule has 2 aromatic rings. The first-order chi connectivity index (χ1) is 9.78. The van der Waals surface area contributed by atoms with Gasteiger partial charge in [-0.3, -0.25) is 0 Å². The molecule has 0 bridgehead atoms. The number of ether oxygens (including phenoxy) is 1. The Labute approximate surface area is 119 Å². The average Bonchev–Trinajstić information content (AvgIpc) is 2.80. The zero-order chi connectivity index (χ0) is 14.0. The molecule has 2 heteroatoms. The second kappa shape index (κ2) is 5.12. The summed E-state index contributed by atoms with van der Waals surface area (Å²) in [5.74, 6) is -0.208. The van der Waals surface area contributed by atoms with Crippen molar-refractivity contribution in [3.63, 3.8) is 0 Å². The largest absolute Gasteiger partial charge is 0.446 e. The van der Waals surface area contributed by atoms with Crippen LogP contribution >= 0.6 is 0 Å². The molecule has 0 fully saturated rings. The van der Waals surface area contributed by atoms with Gasteiger partial charge in [0.1, 0.15) is 0 Å². The van der Waals surface area contributed by atoms with Crippen molar-refractivity contribution < 1.29 is 9.53 Å². The third-order valence-corrected chi connectivity index (χ3v) is 3.97. The van der Waals surface area contributed by atoms with Crippen LogP contribution in [0.5, 0.6) is 0 Å². The highest BCUT2D eigenvalue weighted by molar-refractivity contribution is 5.95. The first-order valence-electron chi connectivity index (χ1n) is 7.16. The summed E-state index contributed by atoms with van der Waals surface area (Å²) in [6.45, 7) is 2.15. The van der Waals surface area contributed by atoms with Crippen molar-refractivity contribution in [1.82, 2.24) is 0 Å². The first kappa shape index (κ1) is 12.9. The van der Waals surface area contributed by atoms with Crippen LogP contribution in [0.4, 0.5) is 0 Å². The third kappa shape index (κ3) is 1.92. The third-order valence-electron chi connectivity index (χ3n) is 3.97. The van der Waals surface area contributed by atoms with E-state index >= 15 is 0 Å². The molecule has 3 rings (SSSR count). The molecule has 0 aliphatic carbocycles. The van der Waals surface area contributed by atoms with Crippen molar-refractivity contribution in [2.75, 3.05) is 0 Å². The summed E-state index contributed by atoms with van der Waals surface area (Å²) in [6, 6.07) is 17.8. The van der Waals surface area contributed by atoms with E-state index in [2.05, 4.69) is 6.92 Å². The number of fused-ring (bicyclic) bond motifs is 1. The van der Waals surface area contributed by atoms with E-state index in [-0.39, 0.29) is 5.97 Å². The van der Waals surface area contributed by atoms with Crippen LogP contribution in [0.15, 0.2) is 54.6 Å². The molecule has 102 valence electrons. The van der Waals surface area contributed by atoms with Gasteiger partial charge >= 0.3 is 5.97 Å². The predicted octanol–water partition coefficient (Wildman–Crippen LogP) is 4.29. The standard InChI is InChI=1S/C18H18O2/c1-2-3-13-18(14-9-5-4-6-10-14)16-12-8-7-11-15(16)17(19)20-18/h4-12H,2-3,13H2,1H3/i18+2. The molecule has 1 unspecified atom stereocenters. The quantitative estimate of drug-likeness (QED) is 0.773. The number of unbranched alkanes of at least 4 members (excludes halogenated alkanes) is 1. The van der Waals surface area contributed by atoms with Crippen LogP contribution in [0.1, 0.15) is 47.7 Å². The van der Waals surface area contributed by atoms with Gasteiger partial charge in [0, 0.05) is 11.1 Å². The van der Waals surface area contributed by atoms with Gasteiger partial charge in [0.05, 0.1) is 5.56 Å². The topological polar surface area (TPSA) is 26.3 Å². The molecular formula is C18H18O2. The van der Waals surface area contributed by atoms with Crippen LogP contribution in [0.25, 0.3) is 0 Å². The number of carbonyl (C=O) groups excluding carboxylic acids is 1. The van der Waals surface area contributed by atoms with Crippen LogP contribution < -0.4 is 0 Å². The number of benzene rings is 2.